The number of piperidine rings is 1. The molecular weight excluding hydrogens is 247 g/mol. The lowest BCUT2D eigenvalue weighted by molar-refractivity contribution is 0.0196. The van der Waals surface area contributed by atoms with Crippen molar-refractivity contribution < 1.29 is 4.74 Å². The summed E-state index contributed by atoms with van der Waals surface area (Å²) in [6.45, 7) is 2.66. The topological polar surface area (TPSA) is 34.1 Å². The van der Waals surface area contributed by atoms with Crippen LogP contribution in [0.15, 0.2) is 18.3 Å². The minimum Gasteiger partial charge on any atom is -0.372 e. The SMILES string of the molecule is Cl.Clc1ccnc(COC2CCNCC2)c1. The lowest BCUT2D eigenvalue weighted by Crippen LogP contribution is -2.32. The molecule has 1 N–H and O–H groups in total. The van der Waals surface area contributed by atoms with Gasteiger partial charge in [0, 0.05) is 11.2 Å². The molecule has 0 amide bonds. The fourth-order valence-electron chi connectivity index (χ4n) is 1.69. The van der Waals surface area contributed by atoms with Crippen LogP contribution in [0, 0.1) is 0 Å². The van der Waals surface area contributed by atoms with Crippen LogP contribution < -0.4 is 5.32 Å². The van der Waals surface area contributed by atoms with Crippen molar-refractivity contribution >= 4 is 24.0 Å². The third-order valence-corrected chi connectivity index (χ3v) is 2.77. The van der Waals surface area contributed by atoms with E-state index in [0.717, 1.165) is 31.6 Å². The first kappa shape index (κ1) is 13.7. The summed E-state index contributed by atoms with van der Waals surface area (Å²) >= 11 is 5.86. The molecule has 1 fully saturated rings. The number of nitrogens with zero attached hydrogens (tertiary/aromatic N) is 1. The summed E-state index contributed by atoms with van der Waals surface area (Å²) in [6, 6.07) is 3.62. The van der Waals surface area contributed by atoms with Gasteiger partial charge in [0.25, 0.3) is 0 Å². The maximum absolute atomic E-state index is 5.86. The zero-order chi connectivity index (χ0) is 10.5. The van der Waals surface area contributed by atoms with Crippen molar-refractivity contribution in [2.24, 2.45) is 0 Å². The highest BCUT2D eigenvalue weighted by Crippen LogP contribution is 2.12. The molecule has 0 atom stereocenters. The Morgan fingerprint density at radius 1 is 1.44 bits per heavy atom. The average molecular weight is 263 g/mol. The molecule has 0 aliphatic carbocycles. The Labute approximate surface area is 107 Å². The Morgan fingerprint density at radius 2 is 2.19 bits per heavy atom. The molecule has 16 heavy (non-hydrogen) atoms. The fraction of sp³-hybridized carbons (Fsp3) is 0.545. The minimum absolute atomic E-state index is 0. The molecular formula is C11H16Cl2N2O. The van der Waals surface area contributed by atoms with Crippen molar-refractivity contribution in [2.45, 2.75) is 25.6 Å². The Hall–Kier alpha value is -0.350. The standard InChI is InChI=1S/C11H15ClN2O.ClH/c12-9-1-6-14-10(7-9)8-15-11-2-4-13-5-3-11;/h1,6-7,11,13H,2-5,8H2;1H. The number of hydrogen-bond donors (Lipinski definition) is 1. The van der Waals surface area contributed by atoms with E-state index in [2.05, 4.69) is 10.3 Å². The fourth-order valence-corrected chi connectivity index (χ4v) is 1.88. The normalized spacial score (nSPS) is 16.8. The zero-order valence-corrected chi connectivity index (χ0v) is 10.6. The van der Waals surface area contributed by atoms with E-state index in [0.29, 0.717) is 17.7 Å². The van der Waals surface area contributed by atoms with Crippen LogP contribution in [0.2, 0.25) is 5.02 Å². The van der Waals surface area contributed by atoms with Crippen molar-refractivity contribution in [1.82, 2.24) is 10.3 Å². The van der Waals surface area contributed by atoms with E-state index < -0.39 is 0 Å². The van der Waals surface area contributed by atoms with Gasteiger partial charge < -0.3 is 10.1 Å². The van der Waals surface area contributed by atoms with Crippen LogP contribution in [0.5, 0.6) is 0 Å². The number of halogens is 2. The van der Waals surface area contributed by atoms with Crippen molar-refractivity contribution in [2.75, 3.05) is 13.1 Å². The number of hydrogen-bond acceptors (Lipinski definition) is 3. The molecule has 1 aromatic rings. The van der Waals surface area contributed by atoms with E-state index >= 15 is 0 Å². The predicted molar refractivity (Wildman–Crippen MR) is 67.2 cm³/mol. The number of aromatic nitrogens is 1. The van der Waals surface area contributed by atoms with E-state index in [1.165, 1.54) is 0 Å². The van der Waals surface area contributed by atoms with E-state index in [1.807, 2.05) is 6.07 Å². The quantitative estimate of drug-likeness (QED) is 0.909. The van der Waals surface area contributed by atoms with Crippen LogP contribution in [-0.2, 0) is 11.3 Å². The number of nitrogens with one attached hydrogen (secondary N) is 1. The summed E-state index contributed by atoms with van der Waals surface area (Å²) in [4.78, 5) is 4.20. The van der Waals surface area contributed by atoms with Gasteiger partial charge in [0.05, 0.1) is 18.4 Å². The highest BCUT2D eigenvalue weighted by molar-refractivity contribution is 6.30. The molecule has 0 bridgehead atoms. The van der Waals surface area contributed by atoms with Crippen molar-refractivity contribution in [1.29, 1.82) is 0 Å². The monoisotopic (exact) mass is 262 g/mol. The average Bonchev–Trinajstić information content (AvgIpc) is 2.28. The Kier molecular flexibility index (Phi) is 6.06. The van der Waals surface area contributed by atoms with Crippen molar-refractivity contribution in [3.63, 3.8) is 0 Å². The zero-order valence-electron chi connectivity index (χ0n) is 8.99. The van der Waals surface area contributed by atoms with Gasteiger partial charge >= 0.3 is 0 Å². The summed E-state index contributed by atoms with van der Waals surface area (Å²) in [6.07, 6.45) is 4.25. The molecule has 0 saturated carbocycles. The molecule has 5 heteroatoms. The van der Waals surface area contributed by atoms with Gasteiger partial charge in [-0.1, -0.05) is 11.6 Å². The largest absolute Gasteiger partial charge is 0.372 e. The smallest absolute Gasteiger partial charge is 0.0892 e. The molecule has 2 heterocycles. The highest BCUT2D eigenvalue weighted by Gasteiger charge is 2.13. The molecule has 0 aromatic carbocycles. The van der Waals surface area contributed by atoms with Crippen LogP contribution in [0.3, 0.4) is 0 Å². The summed E-state index contributed by atoms with van der Waals surface area (Å²) in [5, 5.41) is 4.02. The predicted octanol–water partition coefficient (Wildman–Crippen LogP) is 2.43. The number of rotatable bonds is 3. The Balaban J connectivity index is 0.00000128. The molecule has 0 spiro atoms. The van der Waals surface area contributed by atoms with Gasteiger partial charge in [0.15, 0.2) is 0 Å². The first-order chi connectivity index (χ1) is 7.34. The number of pyridine rings is 1. The van der Waals surface area contributed by atoms with Crippen LogP contribution in [0.1, 0.15) is 18.5 Å². The highest BCUT2D eigenvalue weighted by atomic mass is 35.5. The van der Waals surface area contributed by atoms with Gasteiger partial charge in [-0.25, -0.2) is 0 Å². The van der Waals surface area contributed by atoms with Crippen LogP contribution >= 0.6 is 24.0 Å². The van der Waals surface area contributed by atoms with Gasteiger partial charge in [0.1, 0.15) is 0 Å². The van der Waals surface area contributed by atoms with Gasteiger partial charge in [-0.2, -0.15) is 0 Å². The van der Waals surface area contributed by atoms with E-state index in [4.69, 9.17) is 16.3 Å². The lowest BCUT2D eigenvalue weighted by Gasteiger charge is -2.22. The van der Waals surface area contributed by atoms with Crippen molar-refractivity contribution in [3.05, 3.63) is 29.0 Å². The molecule has 1 saturated heterocycles. The maximum Gasteiger partial charge on any atom is 0.0892 e. The second-order valence-electron chi connectivity index (χ2n) is 3.73. The summed E-state index contributed by atoms with van der Waals surface area (Å²) in [5.74, 6) is 0. The van der Waals surface area contributed by atoms with Gasteiger partial charge in [0.2, 0.25) is 0 Å². The van der Waals surface area contributed by atoms with Gasteiger partial charge in [-0.3, -0.25) is 4.98 Å². The molecule has 1 aliphatic rings. The summed E-state index contributed by atoms with van der Waals surface area (Å²) in [5.41, 5.74) is 0.904. The minimum atomic E-state index is 0. The summed E-state index contributed by atoms with van der Waals surface area (Å²) < 4.78 is 5.76. The lowest BCUT2D eigenvalue weighted by atomic mass is 10.1. The number of ether oxygens (including phenoxy) is 1. The van der Waals surface area contributed by atoms with Crippen LogP contribution in [0.4, 0.5) is 0 Å². The molecule has 0 radical (unpaired) electrons. The Bertz CT molecular complexity index is 317. The second-order valence-corrected chi connectivity index (χ2v) is 4.16. The van der Waals surface area contributed by atoms with E-state index in [9.17, 15) is 0 Å². The van der Waals surface area contributed by atoms with Crippen LogP contribution in [0.25, 0.3) is 0 Å². The first-order valence-corrected chi connectivity index (χ1v) is 5.65. The van der Waals surface area contributed by atoms with E-state index in [1.54, 1.807) is 12.3 Å². The third kappa shape index (κ3) is 4.26. The van der Waals surface area contributed by atoms with E-state index in [-0.39, 0.29) is 12.4 Å². The third-order valence-electron chi connectivity index (χ3n) is 2.53. The molecule has 1 aliphatic heterocycles. The first-order valence-electron chi connectivity index (χ1n) is 5.27. The summed E-state index contributed by atoms with van der Waals surface area (Å²) in [7, 11) is 0. The molecule has 90 valence electrons. The van der Waals surface area contributed by atoms with Crippen LogP contribution in [-0.4, -0.2) is 24.2 Å². The van der Waals surface area contributed by atoms with Crippen molar-refractivity contribution in [3.8, 4) is 0 Å². The maximum atomic E-state index is 5.86. The Morgan fingerprint density at radius 3 is 2.88 bits per heavy atom. The molecule has 3 nitrogen and oxygen atoms in total. The molecule has 1 aromatic heterocycles. The molecule has 0 unspecified atom stereocenters. The molecule has 2 rings (SSSR count). The van der Waals surface area contributed by atoms with Gasteiger partial charge in [-0.05, 0) is 38.1 Å². The second kappa shape index (κ2) is 7.07. The van der Waals surface area contributed by atoms with Gasteiger partial charge in [-0.15, -0.1) is 12.4 Å².